The number of nitrogens with zero attached hydrogens (tertiary/aromatic N) is 1. The zero-order valence-corrected chi connectivity index (χ0v) is 12.4. The number of ether oxygens (including phenoxy) is 1. The summed E-state index contributed by atoms with van der Waals surface area (Å²) in [5.41, 5.74) is 0.0705. The van der Waals surface area contributed by atoms with Crippen molar-refractivity contribution in [2.75, 3.05) is 39.6 Å². The number of benzene rings is 1. The lowest BCUT2D eigenvalue weighted by atomic mass is 10.2. The van der Waals surface area contributed by atoms with Crippen molar-refractivity contribution in [1.82, 2.24) is 4.90 Å². The second-order valence-corrected chi connectivity index (χ2v) is 6.55. The molecular formula is C13H19NO5S. The maximum absolute atomic E-state index is 12.1. The van der Waals surface area contributed by atoms with E-state index in [1.54, 1.807) is 7.11 Å². The van der Waals surface area contributed by atoms with Crippen molar-refractivity contribution in [3.05, 3.63) is 29.8 Å². The second kappa shape index (κ2) is 7.37. The van der Waals surface area contributed by atoms with Crippen LogP contribution in [0.2, 0.25) is 0 Å². The van der Waals surface area contributed by atoms with Crippen LogP contribution in [0.1, 0.15) is 10.4 Å². The van der Waals surface area contributed by atoms with Crippen LogP contribution in [0.5, 0.6) is 0 Å². The molecule has 0 aliphatic carbocycles. The van der Waals surface area contributed by atoms with E-state index in [1.807, 2.05) is 11.9 Å². The third-order valence-electron chi connectivity index (χ3n) is 2.88. The Balaban J connectivity index is 2.66. The molecule has 0 aliphatic rings. The molecule has 0 heterocycles. The standard InChI is InChI=1S/C13H19NO5S/c1-14(7-9-19-2)8-10-20(17,18)12-5-3-11(4-6-12)13(15)16/h3-6H,7-10H2,1-2H3,(H,15,16). The molecule has 0 atom stereocenters. The number of carboxylic acids is 1. The van der Waals surface area contributed by atoms with Crippen LogP contribution in [0.25, 0.3) is 0 Å². The molecule has 0 saturated carbocycles. The number of rotatable bonds is 8. The molecule has 0 unspecified atom stereocenters. The minimum atomic E-state index is -3.40. The summed E-state index contributed by atoms with van der Waals surface area (Å²) in [7, 11) is 0.0151. The molecule has 112 valence electrons. The number of methoxy groups -OCH3 is 1. The largest absolute Gasteiger partial charge is 0.478 e. The van der Waals surface area contributed by atoms with Gasteiger partial charge in [0.15, 0.2) is 9.84 Å². The van der Waals surface area contributed by atoms with Gasteiger partial charge in [0.1, 0.15) is 0 Å². The highest BCUT2D eigenvalue weighted by Crippen LogP contribution is 2.12. The predicted octanol–water partition coefficient (Wildman–Crippen LogP) is 0.737. The van der Waals surface area contributed by atoms with Gasteiger partial charge in [-0.25, -0.2) is 13.2 Å². The van der Waals surface area contributed by atoms with Gasteiger partial charge in [-0.3, -0.25) is 0 Å². The summed E-state index contributed by atoms with van der Waals surface area (Å²) in [6.45, 7) is 1.60. The predicted molar refractivity (Wildman–Crippen MR) is 74.8 cm³/mol. The van der Waals surface area contributed by atoms with Crippen LogP contribution in [0.4, 0.5) is 0 Å². The van der Waals surface area contributed by atoms with Gasteiger partial charge in [-0.05, 0) is 31.3 Å². The second-order valence-electron chi connectivity index (χ2n) is 4.44. The molecular weight excluding hydrogens is 282 g/mol. The lowest BCUT2D eigenvalue weighted by molar-refractivity contribution is 0.0696. The van der Waals surface area contributed by atoms with Crippen LogP contribution in [0.3, 0.4) is 0 Å². The first-order valence-electron chi connectivity index (χ1n) is 6.10. The molecule has 1 N–H and O–H groups in total. The minimum Gasteiger partial charge on any atom is -0.478 e. The molecule has 0 fully saturated rings. The van der Waals surface area contributed by atoms with Gasteiger partial charge in [-0.2, -0.15) is 0 Å². The topological polar surface area (TPSA) is 83.9 Å². The van der Waals surface area contributed by atoms with Crippen molar-refractivity contribution >= 4 is 15.8 Å². The molecule has 0 bridgehead atoms. The van der Waals surface area contributed by atoms with Crippen LogP contribution in [-0.2, 0) is 14.6 Å². The number of carbonyl (C=O) groups is 1. The summed E-state index contributed by atoms with van der Waals surface area (Å²) >= 11 is 0. The third-order valence-corrected chi connectivity index (χ3v) is 4.59. The quantitative estimate of drug-likeness (QED) is 0.762. The van der Waals surface area contributed by atoms with Gasteiger partial charge in [-0.15, -0.1) is 0 Å². The first-order valence-corrected chi connectivity index (χ1v) is 7.75. The van der Waals surface area contributed by atoms with E-state index in [0.717, 1.165) is 0 Å². The van der Waals surface area contributed by atoms with Gasteiger partial charge in [-0.1, -0.05) is 0 Å². The van der Waals surface area contributed by atoms with Crippen molar-refractivity contribution in [1.29, 1.82) is 0 Å². The molecule has 0 saturated heterocycles. The van der Waals surface area contributed by atoms with E-state index in [1.165, 1.54) is 24.3 Å². The van der Waals surface area contributed by atoms with Crippen LogP contribution in [-0.4, -0.2) is 64.0 Å². The lowest BCUT2D eigenvalue weighted by Gasteiger charge is -2.15. The van der Waals surface area contributed by atoms with Crippen LogP contribution in [0, 0.1) is 0 Å². The molecule has 0 spiro atoms. The molecule has 0 amide bonds. The molecule has 1 aromatic carbocycles. The summed E-state index contributed by atoms with van der Waals surface area (Å²) in [5, 5.41) is 8.77. The maximum atomic E-state index is 12.1. The van der Waals surface area contributed by atoms with E-state index in [-0.39, 0.29) is 16.2 Å². The van der Waals surface area contributed by atoms with Crippen LogP contribution in [0.15, 0.2) is 29.2 Å². The normalized spacial score (nSPS) is 11.8. The number of aromatic carboxylic acids is 1. The van der Waals surface area contributed by atoms with Gasteiger partial charge in [0.2, 0.25) is 0 Å². The first kappa shape index (κ1) is 16.6. The van der Waals surface area contributed by atoms with E-state index in [2.05, 4.69) is 0 Å². The fourth-order valence-corrected chi connectivity index (χ4v) is 2.90. The molecule has 0 radical (unpaired) electrons. The molecule has 1 aromatic rings. The Labute approximate surface area is 118 Å². The summed E-state index contributed by atoms with van der Waals surface area (Å²) in [4.78, 5) is 12.7. The zero-order chi connectivity index (χ0) is 15.2. The SMILES string of the molecule is COCCN(C)CCS(=O)(=O)c1ccc(C(=O)O)cc1. The van der Waals surface area contributed by atoms with Crippen molar-refractivity contribution in [2.45, 2.75) is 4.90 Å². The van der Waals surface area contributed by atoms with Gasteiger partial charge in [0, 0.05) is 20.2 Å². The highest BCUT2D eigenvalue weighted by Gasteiger charge is 2.16. The Morgan fingerprint density at radius 2 is 1.85 bits per heavy atom. The maximum Gasteiger partial charge on any atom is 0.335 e. The van der Waals surface area contributed by atoms with E-state index in [9.17, 15) is 13.2 Å². The number of hydrogen-bond donors (Lipinski definition) is 1. The Bertz CT molecular complexity index is 538. The summed E-state index contributed by atoms with van der Waals surface area (Å²) < 4.78 is 29.1. The molecule has 20 heavy (non-hydrogen) atoms. The van der Waals surface area contributed by atoms with Crippen LogP contribution < -0.4 is 0 Å². The summed E-state index contributed by atoms with van der Waals surface area (Å²) in [5.74, 6) is -1.09. The van der Waals surface area contributed by atoms with Crippen molar-refractivity contribution in [3.8, 4) is 0 Å². The smallest absolute Gasteiger partial charge is 0.335 e. The molecule has 7 heteroatoms. The van der Waals surface area contributed by atoms with Crippen molar-refractivity contribution < 1.29 is 23.1 Å². The fraction of sp³-hybridized carbons (Fsp3) is 0.462. The van der Waals surface area contributed by atoms with Gasteiger partial charge in [0.05, 0.1) is 22.8 Å². The number of carboxylic acid groups (broad SMARTS) is 1. The first-order chi connectivity index (χ1) is 9.36. The average Bonchev–Trinajstić information content (AvgIpc) is 2.43. The highest BCUT2D eigenvalue weighted by atomic mass is 32.2. The zero-order valence-electron chi connectivity index (χ0n) is 11.6. The summed E-state index contributed by atoms with van der Waals surface area (Å²) in [6, 6.07) is 5.25. The lowest BCUT2D eigenvalue weighted by Crippen LogP contribution is -2.28. The Morgan fingerprint density at radius 1 is 1.25 bits per heavy atom. The Hall–Kier alpha value is -1.44. The number of likely N-dealkylation sites (N-methyl/N-ethyl adjacent to an activating group) is 1. The number of hydrogen-bond acceptors (Lipinski definition) is 5. The van der Waals surface area contributed by atoms with Gasteiger partial charge < -0.3 is 14.7 Å². The van der Waals surface area contributed by atoms with Crippen molar-refractivity contribution in [3.63, 3.8) is 0 Å². The van der Waals surface area contributed by atoms with E-state index < -0.39 is 15.8 Å². The third kappa shape index (κ3) is 4.92. The molecule has 0 aliphatic heterocycles. The molecule has 0 aromatic heterocycles. The Kier molecular flexibility index (Phi) is 6.12. The Morgan fingerprint density at radius 3 is 2.35 bits per heavy atom. The van der Waals surface area contributed by atoms with E-state index in [0.29, 0.717) is 19.7 Å². The number of sulfone groups is 1. The molecule has 1 rings (SSSR count). The van der Waals surface area contributed by atoms with Crippen LogP contribution >= 0.6 is 0 Å². The summed E-state index contributed by atoms with van der Waals surface area (Å²) in [6.07, 6.45) is 0. The van der Waals surface area contributed by atoms with Crippen molar-refractivity contribution in [2.24, 2.45) is 0 Å². The molecule has 6 nitrogen and oxygen atoms in total. The van der Waals surface area contributed by atoms with E-state index >= 15 is 0 Å². The van der Waals surface area contributed by atoms with Gasteiger partial charge in [0.25, 0.3) is 0 Å². The monoisotopic (exact) mass is 301 g/mol. The highest BCUT2D eigenvalue weighted by molar-refractivity contribution is 7.91. The van der Waals surface area contributed by atoms with E-state index in [4.69, 9.17) is 9.84 Å². The average molecular weight is 301 g/mol. The fourth-order valence-electron chi connectivity index (χ4n) is 1.56. The minimum absolute atomic E-state index is 0.0143. The van der Waals surface area contributed by atoms with Gasteiger partial charge >= 0.3 is 5.97 Å².